The Hall–Kier alpha value is -2.32. The van der Waals surface area contributed by atoms with Gasteiger partial charge in [0.05, 0.1) is 16.9 Å². The predicted octanol–water partition coefficient (Wildman–Crippen LogP) is 3.76. The molecule has 9 heteroatoms. The minimum absolute atomic E-state index is 0.177. The van der Waals surface area contributed by atoms with Crippen molar-refractivity contribution in [1.82, 2.24) is 9.97 Å². The second-order valence-electron chi connectivity index (χ2n) is 4.09. The third-order valence-corrected chi connectivity index (χ3v) is 2.56. The van der Waals surface area contributed by atoms with E-state index in [9.17, 15) is 26.3 Å². The molecule has 0 aliphatic heterocycles. The fraction of sp³-hybridized carbons (Fsp3) is 0.167. The molecule has 2 N–H and O–H groups in total. The molecule has 0 aliphatic rings. The first kappa shape index (κ1) is 15.1. The fourth-order valence-electron chi connectivity index (χ4n) is 1.58. The van der Waals surface area contributed by atoms with Gasteiger partial charge in [0.25, 0.3) is 0 Å². The molecule has 0 atom stereocenters. The first-order valence-corrected chi connectivity index (χ1v) is 5.45. The van der Waals surface area contributed by atoms with Crippen molar-refractivity contribution < 1.29 is 26.3 Å². The molecule has 2 aromatic heterocycles. The number of nitrogens with zero attached hydrogens (tertiary/aromatic N) is 2. The molecular weight excluding hydrogens is 300 g/mol. The van der Waals surface area contributed by atoms with E-state index in [1.165, 1.54) is 0 Å². The zero-order valence-electron chi connectivity index (χ0n) is 10.1. The molecule has 0 aromatic carbocycles. The van der Waals surface area contributed by atoms with Crippen LogP contribution in [-0.4, -0.2) is 9.97 Å². The summed E-state index contributed by atoms with van der Waals surface area (Å²) in [6, 6.07) is 2.23. The van der Waals surface area contributed by atoms with Gasteiger partial charge in [-0.1, -0.05) is 0 Å². The van der Waals surface area contributed by atoms with Crippen LogP contribution in [-0.2, 0) is 12.4 Å². The topological polar surface area (TPSA) is 51.8 Å². The molecule has 0 spiro atoms. The molecule has 0 saturated heterocycles. The van der Waals surface area contributed by atoms with Gasteiger partial charge in [0.1, 0.15) is 5.69 Å². The Morgan fingerprint density at radius 3 is 2.14 bits per heavy atom. The van der Waals surface area contributed by atoms with E-state index in [2.05, 4.69) is 9.97 Å². The first-order valence-electron chi connectivity index (χ1n) is 5.45. The maximum Gasteiger partial charge on any atom is 0.433 e. The highest BCUT2D eigenvalue weighted by atomic mass is 19.4. The van der Waals surface area contributed by atoms with Crippen LogP contribution in [0.3, 0.4) is 0 Å². The van der Waals surface area contributed by atoms with E-state index in [4.69, 9.17) is 5.73 Å². The number of hydrogen-bond acceptors (Lipinski definition) is 3. The third kappa shape index (κ3) is 3.23. The maximum atomic E-state index is 12.6. The van der Waals surface area contributed by atoms with Crippen LogP contribution in [0.1, 0.15) is 11.3 Å². The van der Waals surface area contributed by atoms with Gasteiger partial charge >= 0.3 is 12.4 Å². The van der Waals surface area contributed by atoms with E-state index >= 15 is 0 Å². The number of anilines is 1. The Bertz CT molecular complexity index is 663. The molecular formula is C12H7F6N3. The molecule has 2 rings (SSSR count). The average Bonchev–Trinajstić information content (AvgIpc) is 2.37. The second-order valence-corrected chi connectivity index (χ2v) is 4.09. The number of aromatic nitrogens is 2. The van der Waals surface area contributed by atoms with Gasteiger partial charge < -0.3 is 5.73 Å². The summed E-state index contributed by atoms with van der Waals surface area (Å²) in [6.45, 7) is 0. The summed E-state index contributed by atoms with van der Waals surface area (Å²) in [5.41, 5.74) is 2.32. The normalized spacial score (nSPS) is 12.5. The smallest absolute Gasteiger partial charge is 0.397 e. The van der Waals surface area contributed by atoms with Crippen molar-refractivity contribution in [3.05, 3.63) is 41.9 Å². The van der Waals surface area contributed by atoms with Gasteiger partial charge in [-0.2, -0.15) is 26.3 Å². The quantitative estimate of drug-likeness (QED) is 0.816. The largest absolute Gasteiger partial charge is 0.433 e. The van der Waals surface area contributed by atoms with Gasteiger partial charge in [-0.25, -0.2) is 4.98 Å². The van der Waals surface area contributed by atoms with Crippen LogP contribution in [0.25, 0.3) is 11.3 Å². The molecule has 112 valence electrons. The van der Waals surface area contributed by atoms with Crippen molar-refractivity contribution in [1.29, 1.82) is 0 Å². The number of pyridine rings is 2. The first-order chi connectivity index (χ1) is 9.59. The molecule has 0 unspecified atom stereocenters. The highest BCUT2D eigenvalue weighted by molar-refractivity contribution is 5.72. The van der Waals surface area contributed by atoms with Crippen LogP contribution in [0.15, 0.2) is 30.6 Å². The van der Waals surface area contributed by atoms with E-state index in [0.717, 1.165) is 12.3 Å². The molecule has 0 saturated carbocycles. The molecule has 0 bridgehead atoms. The second kappa shape index (κ2) is 4.90. The van der Waals surface area contributed by atoms with Gasteiger partial charge in [0.15, 0.2) is 0 Å². The van der Waals surface area contributed by atoms with Crippen LogP contribution in [0.4, 0.5) is 32.0 Å². The Kier molecular flexibility index (Phi) is 3.52. The van der Waals surface area contributed by atoms with Crippen molar-refractivity contribution in [2.75, 3.05) is 5.73 Å². The lowest BCUT2D eigenvalue weighted by molar-refractivity contribution is -0.141. The number of rotatable bonds is 1. The van der Waals surface area contributed by atoms with Crippen LogP contribution < -0.4 is 5.73 Å². The summed E-state index contributed by atoms with van der Waals surface area (Å²) in [5, 5.41) is 0. The van der Waals surface area contributed by atoms with Gasteiger partial charge in [-0.3, -0.25) is 4.98 Å². The van der Waals surface area contributed by atoms with Crippen molar-refractivity contribution in [2.24, 2.45) is 0 Å². The van der Waals surface area contributed by atoms with Crippen molar-refractivity contribution >= 4 is 5.69 Å². The summed E-state index contributed by atoms with van der Waals surface area (Å²) in [4.78, 5) is 6.64. The molecule has 2 heterocycles. The van der Waals surface area contributed by atoms with Gasteiger partial charge in [0, 0.05) is 18.0 Å². The molecule has 0 radical (unpaired) electrons. The van der Waals surface area contributed by atoms with Crippen LogP contribution in [0.5, 0.6) is 0 Å². The average molecular weight is 307 g/mol. The number of nitrogen functional groups attached to an aromatic ring is 1. The van der Waals surface area contributed by atoms with E-state index in [1.54, 1.807) is 0 Å². The van der Waals surface area contributed by atoms with E-state index in [1.807, 2.05) is 0 Å². The molecule has 0 amide bonds. The van der Waals surface area contributed by atoms with Gasteiger partial charge in [-0.15, -0.1) is 0 Å². The molecule has 2 aromatic rings. The van der Waals surface area contributed by atoms with Crippen LogP contribution >= 0.6 is 0 Å². The highest BCUT2D eigenvalue weighted by Gasteiger charge is 2.34. The summed E-state index contributed by atoms with van der Waals surface area (Å²) in [6.07, 6.45) is -7.86. The Labute approximate surface area is 114 Å². The number of nitrogens with two attached hydrogens (primary N) is 1. The van der Waals surface area contributed by atoms with Crippen molar-refractivity contribution in [2.45, 2.75) is 12.4 Å². The van der Waals surface area contributed by atoms with Crippen molar-refractivity contribution in [3.8, 4) is 11.3 Å². The van der Waals surface area contributed by atoms with Crippen molar-refractivity contribution in [3.63, 3.8) is 0 Å². The van der Waals surface area contributed by atoms with Gasteiger partial charge in [0.2, 0.25) is 0 Å². The summed E-state index contributed by atoms with van der Waals surface area (Å²) in [7, 11) is 0. The Morgan fingerprint density at radius 1 is 0.905 bits per heavy atom. The lowest BCUT2D eigenvalue weighted by Gasteiger charge is -2.11. The van der Waals surface area contributed by atoms with Gasteiger partial charge in [-0.05, 0) is 18.2 Å². The monoisotopic (exact) mass is 307 g/mol. The molecule has 21 heavy (non-hydrogen) atoms. The Morgan fingerprint density at radius 2 is 1.57 bits per heavy atom. The minimum atomic E-state index is -4.72. The minimum Gasteiger partial charge on any atom is -0.397 e. The van der Waals surface area contributed by atoms with E-state index in [-0.39, 0.29) is 11.3 Å². The number of hydrogen-bond donors (Lipinski definition) is 1. The fourth-order valence-corrected chi connectivity index (χ4v) is 1.58. The molecule has 3 nitrogen and oxygen atoms in total. The Balaban J connectivity index is 2.57. The van der Waals surface area contributed by atoms with E-state index < -0.39 is 29.3 Å². The highest BCUT2D eigenvalue weighted by Crippen LogP contribution is 2.34. The lowest BCUT2D eigenvalue weighted by atomic mass is 10.1. The molecule has 0 aliphatic carbocycles. The number of alkyl halides is 6. The third-order valence-electron chi connectivity index (χ3n) is 2.56. The maximum absolute atomic E-state index is 12.6. The summed E-state index contributed by atoms with van der Waals surface area (Å²) in [5.74, 6) is 0. The zero-order valence-corrected chi connectivity index (χ0v) is 10.1. The summed E-state index contributed by atoms with van der Waals surface area (Å²) < 4.78 is 75.5. The lowest BCUT2D eigenvalue weighted by Crippen LogP contribution is -2.10. The molecule has 0 fully saturated rings. The van der Waals surface area contributed by atoms with E-state index in [0.29, 0.717) is 18.3 Å². The number of halogens is 6. The van der Waals surface area contributed by atoms with Crippen LogP contribution in [0.2, 0.25) is 0 Å². The predicted molar refractivity (Wildman–Crippen MR) is 61.9 cm³/mol. The van der Waals surface area contributed by atoms with Crippen LogP contribution in [0, 0.1) is 0 Å². The zero-order chi connectivity index (χ0) is 15.8. The summed E-state index contributed by atoms with van der Waals surface area (Å²) >= 11 is 0. The SMILES string of the molecule is Nc1ccc(C(F)(F)F)nc1-c1cncc(C(F)(F)F)c1. The standard InChI is InChI=1S/C12H7F6N3/c13-11(14,15)7-3-6(4-20-5-7)10-8(19)1-2-9(21-10)12(16,17)18/h1-5H,19H2.